The highest BCUT2D eigenvalue weighted by atomic mass is 16.6. The van der Waals surface area contributed by atoms with Crippen molar-refractivity contribution in [3.05, 3.63) is 0 Å². The van der Waals surface area contributed by atoms with Crippen LogP contribution in [-0.4, -0.2) is 76.9 Å². The summed E-state index contributed by atoms with van der Waals surface area (Å²) >= 11 is 0. The van der Waals surface area contributed by atoms with E-state index in [1.54, 1.807) is 20.8 Å². The molecule has 35 heavy (non-hydrogen) atoms. The van der Waals surface area contributed by atoms with E-state index in [2.05, 4.69) is 16.0 Å². The third kappa shape index (κ3) is 14.5. The van der Waals surface area contributed by atoms with E-state index in [0.717, 1.165) is 7.11 Å². The van der Waals surface area contributed by atoms with Gasteiger partial charge in [-0.05, 0) is 46.0 Å². The SMILES string of the molecule is COC(=O)[C@H](CC(C)C)NC(=O)[C@H](CCC(=O)O)NC(=O)[C@@H](CCC(=O)O)NC(=O)OC(C)(C)C. The van der Waals surface area contributed by atoms with E-state index in [9.17, 15) is 28.8 Å². The fraction of sp³-hybridized carbons (Fsp3) is 0.727. The molecule has 0 spiro atoms. The van der Waals surface area contributed by atoms with Gasteiger partial charge in [-0.25, -0.2) is 9.59 Å². The standard InChI is InChI=1S/C22H37N3O10/c1-12(2)11-15(20(32)34-6)24-18(30)13(7-9-16(26)27)23-19(31)14(8-10-17(28)29)25-21(33)35-22(3,4)5/h12-15H,7-11H2,1-6H3,(H,23,31)(H,24,30)(H,25,33)(H,26,27)(H,28,29)/t13-,14+,15-/m0/s1. The minimum Gasteiger partial charge on any atom is -0.481 e. The first-order valence-electron chi connectivity index (χ1n) is 11.2. The highest BCUT2D eigenvalue weighted by molar-refractivity contribution is 5.93. The Labute approximate surface area is 204 Å². The molecule has 0 aliphatic carbocycles. The number of aliphatic carboxylic acids is 2. The second kappa shape index (κ2) is 14.8. The maximum Gasteiger partial charge on any atom is 0.408 e. The van der Waals surface area contributed by atoms with Crippen LogP contribution >= 0.6 is 0 Å². The van der Waals surface area contributed by atoms with Crippen molar-refractivity contribution in [3.63, 3.8) is 0 Å². The monoisotopic (exact) mass is 503 g/mol. The summed E-state index contributed by atoms with van der Waals surface area (Å²) < 4.78 is 9.80. The van der Waals surface area contributed by atoms with Gasteiger partial charge < -0.3 is 35.6 Å². The van der Waals surface area contributed by atoms with Crippen molar-refractivity contribution in [2.24, 2.45) is 5.92 Å². The molecular weight excluding hydrogens is 466 g/mol. The van der Waals surface area contributed by atoms with Gasteiger partial charge in [-0.15, -0.1) is 0 Å². The second-order valence-corrected chi connectivity index (χ2v) is 9.34. The third-order valence-electron chi connectivity index (χ3n) is 4.44. The van der Waals surface area contributed by atoms with E-state index >= 15 is 0 Å². The number of hydrogen-bond acceptors (Lipinski definition) is 8. The molecule has 3 atom stereocenters. The number of esters is 1. The molecule has 0 heterocycles. The van der Waals surface area contributed by atoms with Gasteiger partial charge in [-0.1, -0.05) is 13.8 Å². The zero-order valence-corrected chi connectivity index (χ0v) is 21.0. The lowest BCUT2D eigenvalue weighted by Gasteiger charge is -2.26. The van der Waals surface area contributed by atoms with Crippen LogP contribution in [-0.2, 0) is 33.4 Å². The van der Waals surface area contributed by atoms with Gasteiger partial charge in [-0.2, -0.15) is 0 Å². The molecule has 0 unspecified atom stereocenters. The molecule has 0 aromatic rings. The summed E-state index contributed by atoms with van der Waals surface area (Å²) in [5.41, 5.74) is -0.888. The molecule has 13 heteroatoms. The number of methoxy groups -OCH3 is 1. The van der Waals surface area contributed by atoms with E-state index in [4.69, 9.17) is 19.7 Å². The molecule has 0 bridgehead atoms. The van der Waals surface area contributed by atoms with Gasteiger partial charge in [0.25, 0.3) is 0 Å². The van der Waals surface area contributed by atoms with Crippen LogP contribution < -0.4 is 16.0 Å². The molecule has 0 saturated heterocycles. The van der Waals surface area contributed by atoms with Crippen LogP contribution in [0.25, 0.3) is 0 Å². The van der Waals surface area contributed by atoms with Crippen molar-refractivity contribution in [3.8, 4) is 0 Å². The Morgan fingerprint density at radius 2 is 1.20 bits per heavy atom. The van der Waals surface area contributed by atoms with E-state index in [1.165, 1.54) is 0 Å². The lowest BCUT2D eigenvalue weighted by Crippen LogP contribution is -2.56. The molecule has 5 N–H and O–H groups in total. The Balaban J connectivity index is 5.67. The van der Waals surface area contributed by atoms with Gasteiger partial charge in [-0.3, -0.25) is 19.2 Å². The predicted molar refractivity (Wildman–Crippen MR) is 122 cm³/mol. The number of nitrogens with one attached hydrogen (secondary N) is 3. The summed E-state index contributed by atoms with van der Waals surface area (Å²) in [6.07, 6.45) is -2.33. The third-order valence-corrected chi connectivity index (χ3v) is 4.44. The average Bonchev–Trinajstić information content (AvgIpc) is 2.70. The summed E-state index contributed by atoms with van der Waals surface area (Å²) in [5.74, 6) is -4.89. The molecular formula is C22H37N3O10. The van der Waals surface area contributed by atoms with Crippen molar-refractivity contribution in [1.82, 2.24) is 16.0 Å². The topological polar surface area (TPSA) is 197 Å². The summed E-state index contributed by atoms with van der Waals surface area (Å²) in [7, 11) is 1.15. The molecule has 0 aliphatic heterocycles. The number of hydrogen-bond donors (Lipinski definition) is 5. The van der Waals surface area contributed by atoms with Gasteiger partial charge in [0, 0.05) is 12.8 Å². The fourth-order valence-electron chi connectivity index (χ4n) is 2.90. The number of carboxylic acids is 2. The molecule has 0 fully saturated rings. The summed E-state index contributed by atoms with van der Waals surface area (Å²) in [5, 5.41) is 25.1. The molecule has 0 aromatic heterocycles. The molecule has 13 nitrogen and oxygen atoms in total. The Hall–Kier alpha value is -3.38. The summed E-state index contributed by atoms with van der Waals surface area (Å²) in [6, 6.07) is -3.79. The van der Waals surface area contributed by atoms with Crippen LogP contribution in [0.15, 0.2) is 0 Å². The Morgan fingerprint density at radius 3 is 1.57 bits per heavy atom. The number of ether oxygens (including phenoxy) is 2. The zero-order chi connectivity index (χ0) is 27.3. The number of carbonyl (C=O) groups is 6. The lowest BCUT2D eigenvalue weighted by atomic mass is 10.0. The fourth-order valence-corrected chi connectivity index (χ4v) is 2.90. The first-order valence-corrected chi connectivity index (χ1v) is 11.2. The van der Waals surface area contributed by atoms with E-state index in [1.807, 2.05) is 13.8 Å². The van der Waals surface area contributed by atoms with Gasteiger partial charge in [0.15, 0.2) is 0 Å². The van der Waals surface area contributed by atoms with Crippen molar-refractivity contribution >= 4 is 35.8 Å². The Morgan fingerprint density at radius 1 is 0.771 bits per heavy atom. The maximum atomic E-state index is 12.9. The number of amides is 3. The molecule has 3 amide bonds. The van der Waals surface area contributed by atoms with Crippen LogP contribution in [0.3, 0.4) is 0 Å². The first-order chi connectivity index (χ1) is 16.0. The highest BCUT2D eigenvalue weighted by Crippen LogP contribution is 2.10. The summed E-state index contributed by atoms with van der Waals surface area (Å²) in [6.45, 7) is 8.43. The zero-order valence-electron chi connectivity index (χ0n) is 21.0. The highest BCUT2D eigenvalue weighted by Gasteiger charge is 2.31. The van der Waals surface area contributed by atoms with Gasteiger partial charge in [0.2, 0.25) is 11.8 Å². The largest absolute Gasteiger partial charge is 0.481 e. The molecule has 200 valence electrons. The minimum atomic E-state index is -1.38. The van der Waals surface area contributed by atoms with Gasteiger partial charge in [0.05, 0.1) is 7.11 Å². The van der Waals surface area contributed by atoms with Crippen molar-refractivity contribution in [1.29, 1.82) is 0 Å². The Bertz CT molecular complexity index is 776. The first kappa shape index (κ1) is 31.6. The summed E-state index contributed by atoms with van der Waals surface area (Å²) in [4.78, 5) is 72.0. The minimum absolute atomic E-state index is 0.00453. The molecule has 0 rings (SSSR count). The lowest BCUT2D eigenvalue weighted by molar-refractivity contribution is -0.146. The van der Waals surface area contributed by atoms with Crippen LogP contribution in [0.4, 0.5) is 4.79 Å². The molecule has 0 radical (unpaired) electrons. The smallest absolute Gasteiger partial charge is 0.408 e. The van der Waals surface area contributed by atoms with E-state index in [0.29, 0.717) is 0 Å². The quantitative estimate of drug-likeness (QED) is 0.211. The van der Waals surface area contributed by atoms with Crippen LogP contribution in [0, 0.1) is 5.92 Å². The van der Waals surface area contributed by atoms with Crippen molar-refractivity contribution < 1.29 is 48.5 Å². The molecule has 0 aliphatic rings. The Kier molecular flexibility index (Phi) is 13.4. The van der Waals surface area contributed by atoms with Gasteiger partial charge in [0.1, 0.15) is 23.7 Å². The maximum absolute atomic E-state index is 12.9. The van der Waals surface area contributed by atoms with Crippen molar-refractivity contribution in [2.45, 2.75) is 90.4 Å². The van der Waals surface area contributed by atoms with E-state index < -0.39 is 72.4 Å². The molecule has 0 aromatic carbocycles. The number of carbonyl (C=O) groups excluding carboxylic acids is 4. The predicted octanol–water partition coefficient (Wildman–Crippen LogP) is 0.798. The molecule has 0 saturated carbocycles. The van der Waals surface area contributed by atoms with Crippen LogP contribution in [0.5, 0.6) is 0 Å². The van der Waals surface area contributed by atoms with Crippen LogP contribution in [0.1, 0.15) is 66.7 Å². The van der Waals surface area contributed by atoms with Crippen LogP contribution in [0.2, 0.25) is 0 Å². The van der Waals surface area contributed by atoms with Gasteiger partial charge >= 0.3 is 24.0 Å². The normalized spacial score (nSPS) is 13.7. The average molecular weight is 504 g/mol. The number of alkyl carbamates (subject to hydrolysis) is 1. The number of rotatable bonds is 14. The second-order valence-electron chi connectivity index (χ2n) is 9.34. The van der Waals surface area contributed by atoms with E-state index in [-0.39, 0.29) is 25.2 Å². The van der Waals surface area contributed by atoms with Crippen molar-refractivity contribution in [2.75, 3.05) is 7.11 Å². The number of carboxylic acid groups (broad SMARTS) is 2.